The summed E-state index contributed by atoms with van der Waals surface area (Å²) in [5.41, 5.74) is 0.0745. The third-order valence-electron chi connectivity index (χ3n) is 3.31. The Kier molecular flexibility index (Phi) is 3.84. The van der Waals surface area contributed by atoms with Gasteiger partial charge in [-0.15, -0.1) is 0 Å². The van der Waals surface area contributed by atoms with E-state index in [0.717, 1.165) is 17.9 Å². The zero-order chi connectivity index (χ0) is 14.0. The first kappa shape index (κ1) is 13.9. The van der Waals surface area contributed by atoms with Gasteiger partial charge < -0.3 is 10.4 Å². The van der Waals surface area contributed by atoms with Crippen LogP contribution in [0.2, 0.25) is 0 Å². The van der Waals surface area contributed by atoms with Crippen molar-refractivity contribution in [3.8, 4) is 0 Å². The maximum absolute atomic E-state index is 12.2. The molecule has 1 aliphatic heterocycles. The Morgan fingerprint density at radius 3 is 2.84 bits per heavy atom. The number of nitrogens with zero attached hydrogens (tertiary/aromatic N) is 2. The van der Waals surface area contributed by atoms with E-state index in [1.807, 2.05) is 6.92 Å². The minimum absolute atomic E-state index is 0.375. The normalized spacial score (nSPS) is 22.4. The largest absolute Gasteiger partial charge is 0.479 e. The van der Waals surface area contributed by atoms with Gasteiger partial charge in [0.2, 0.25) is 0 Å². The first-order valence-corrected chi connectivity index (χ1v) is 7.30. The van der Waals surface area contributed by atoms with Gasteiger partial charge in [0, 0.05) is 12.8 Å². The van der Waals surface area contributed by atoms with E-state index in [1.165, 1.54) is 4.68 Å². The number of aromatic nitrogens is 2. The summed E-state index contributed by atoms with van der Waals surface area (Å²) >= 11 is 1.54. The van der Waals surface area contributed by atoms with Crippen LogP contribution in [0, 0.1) is 0 Å². The van der Waals surface area contributed by atoms with Crippen LogP contribution in [0.3, 0.4) is 0 Å². The molecule has 6 nitrogen and oxygen atoms in total. The maximum Gasteiger partial charge on any atom is 0.330 e. The molecular formula is C12H17N3O3S. The number of carbonyl (C=O) groups is 2. The summed E-state index contributed by atoms with van der Waals surface area (Å²) in [6.07, 6.45) is 1.19. The number of nitrogens with one attached hydrogen (secondary N) is 1. The third kappa shape index (κ3) is 2.60. The lowest BCUT2D eigenvalue weighted by Crippen LogP contribution is -2.55. The van der Waals surface area contributed by atoms with E-state index in [2.05, 4.69) is 10.4 Å². The molecule has 1 aromatic rings. The highest BCUT2D eigenvalue weighted by Gasteiger charge is 2.43. The second kappa shape index (κ2) is 5.24. The van der Waals surface area contributed by atoms with Crippen LogP contribution in [0.5, 0.6) is 0 Å². The molecule has 7 heteroatoms. The molecule has 104 valence electrons. The van der Waals surface area contributed by atoms with Crippen molar-refractivity contribution in [3.05, 3.63) is 17.5 Å². The van der Waals surface area contributed by atoms with E-state index in [9.17, 15) is 14.7 Å². The van der Waals surface area contributed by atoms with E-state index in [-0.39, 0.29) is 5.91 Å². The number of amides is 1. The van der Waals surface area contributed by atoms with Crippen LogP contribution in [-0.4, -0.2) is 43.8 Å². The predicted octanol–water partition coefficient (Wildman–Crippen LogP) is 0.673. The lowest BCUT2D eigenvalue weighted by molar-refractivity contribution is -0.143. The second-order valence-electron chi connectivity index (χ2n) is 4.64. The quantitative estimate of drug-likeness (QED) is 0.848. The number of carbonyl (C=O) groups excluding carboxylic acids is 1. The average Bonchev–Trinajstić information content (AvgIpc) is 2.96. The number of hydrogen-bond donors (Lipinski definition) is 2. The van der Waals surface area contributed by atoms with Crippen LogP contribution in [0.1, 0.15) is 29.5 Å². The summed E-state index contributed by atoms with van der Waals surface area (Å²) in [5, 5.41) is 16.2. The smallest absolute Gasteiger partial charge is 0.330 e. The highest BCUT2D eigenvalue weighted by molar-refractivity contribution is 7.99. The van der Waals surface area contributed by atoms with Gasteiger partial charge in [-0.25, -0.2) is 4.79 Å². The molecule has 1 amide bonds. The molecular weight excluding hydrogens is 266 g/mol. The summed E-state index contributed by atoms with van der Waals surface area (Å²) in [4.78, 5) is 23.6. The van der Waals surface area contributed by atoms with Crippen molar-refractivity contribution in [1.82, 2.24) is 15.1 Å². The molecule has 1 fully saturated rings. The van der Waals surface area contributed by atoms with Crippen LogP contribution < -0.4 is 5.32 Å². The van der Waals surface area contributed by atoms with E-state index < -0.39 is 11.5 Å². The molecule has 0 spiro atoms. The average molecular weight is 283 g/mol. The van der Waals surface area contributed by atoms with Gasteiger partial charge in [0.05, 0.1) is 5.69 Å². The standard InChI is InChI=1S/C12H17N3O3S/c1-3-8-6-9(15(2)14-8)10(16)13-12(11(17)18)4-5-19-7-12/h6H,3-5,7H2,1-2H3,(H,13,16)(H,17,18). The van der Waals surface area contributed by atoms with Crippen molar-refractivity contribution in [2.24, 2.45) is 7.05 Å². The van der Waals surface area contributed by atoms with Gasteiger partial charge in [-0.1, -0.05) is 6.92 Å². The number of aryl methyl sites for hydroxylation is 2. The Bertz CT molecular complexity index is 506. The Morgan fingerprint density at radius 1 is 1.63 bits per heavy atom. The van der Waals surface area contributed by atoms with Gasteiger partial charge in [0.15, 0.2) is 0 Å². The van der Waals surface area contributed by atoms with Crippen molar-refractivity contribution in [1.29, 1.82) is 0 Å². The highest BCUT2D eigenvalue weighted by Crippen LogP contribution is 2.28. The molecule has 0 saturated carbocycles. The van der Waals surface area contributed by atoms with Gasteiger partial charge in [-0.05, 0) is 24.7 Å². The van der Waals surface area contributed by atoms with E-state index in [1.54, 1.807) is 24.9 Å². The minimum atomic E-state index is -1.14. The van der Waals surface area contributed by atoms with Gasteiger partial charge in [0.25, 0.3) is 5.91 Å². The molecule has 0 bridgehead atoms. The zero-order valence-corrected chi connectivity index (χ0v) is 11.8. The van der Waals surface area contributed by atoms with Gasteiger partial charge in [-0.3, -0.25) is 9.48 Å². The summed E-state index contributed by atoms with van der Waals surface area (Å²) in [6, 6.07) is 1.70. The zero-order valence-electron chi connectivity index (χ0n) is 11.0. The van der Waals surface area contributed by atoms with Crippen LogP contribution >= 0.6 is 11.8 Å². The fourth-order valence-corrected chi connectivity index (χ4v) is 3.40. The molecule has 2 rings (SSSR count). The van der Waals surface area contributed by atoms with Gasteiger partial charge >= 0.3 is 5.97 Å². The molecule has 2 heterocycles. The van der Waals surface area contributed by atoms with E-state index in [4.69, 9.17) is 0 Å². The van der Waals surface area contributed by atoms with Crippen molar-refractivity contribution in [2.75, 3.05) is 11.5 Å². The van der Waals surface area contributed by atoms with Crippen LogP contribution in [0.4, 0.5) is 0 Å². The van der Waals surface area contributed by atoms with Crippen molar-refractivity contribution in [3.63, 3.8) is 0 Å². The molecule has 1 aromatic heterocycles. The van der Waals surface area contributed by atoms with E-state index in [0.29, 0.717) is 17.9 Å². The van der Waals surface area contributed by atoms with E-state index >= 15 is 0 Å². The fraction of sp³-hybridized carbons (Fsp3) is 0.583. The number of carboxylic acids is 1. The molecule has 1 atom stereocenters. The highest BCUT2D eigenvalue weighted by atomic mass is 32.2. The Hall–Kier alpha value is -1.50. The van der Waals surface area contributed by atoms with Crippen molar-refractivity contribution >= 4 is 23.6 Å². The number of aliphatic carboxylic acids is 1. The molecule has 1 unspecified atom stereocenters. The first-order chi connectivity index (χ1) is 8.98. The predicted molar refractivity (Wildman–Crippen MR) is 72.4 cm³/mol. The Labute approximate surface area is 115 Å². The summed E-state index contributed by atoms with van der Waals surface area (Å²) in [6.45, 7) is 1.95. The molecule has 1 aliphatic rings. The molecule has 1 saturated heterocycles. The van der Waals surface area contributed by atoms with Crippen LogP contribution in [-0.2, 0) is 18.3 Å². The van der Waals surface area contributed by atoms with Crippen LogP contribution in [0.25, 0.3) is 0 Å². The number of hydrogen-bond acceptors (Lipinski definition) is 4. The molecule has 0 radical (unpaired) electrons. The van der Waals surface area contributed by atoms with Gasteiger partial charge in [0.1, 0.15) is 11.2 Å². The lowest BCUT2D eigenvalue weighted by atomic mass is 9.99. The lowest BCUT2D eigenvalue weighted by Gasteiger charge is -2.24. The SMILES string of the molecule is CCc1cc(C(=O)NC2(C(=O)O)CCSC2)n(C)n1. The molecule has 0 aliphatic carbocycles. The molecule has 2 N–H and O–H groups in total. The topological polar surface area (TPSA) is 84.2 Å². The second-order valence-corrected chi connectivity index (χ2v) is 5.75. The number of thioether (sulfide) groups is 1. The summed E-state index contributed by atoms with van der Waals surface area (Å²) in [5.74, 6) is -0.187. The van der Waals surface area contributed by atoms with Gasteiger partial charge in [-0.2, -0.15) is 16.9 Å². The Balaban J connectivity index is 2.20. The molecule has 19 heavy (non-hydrogen) atoms. The summed E-state index contributed by atoms with van der Waals surface area (Å²) in [7, 11) is 1.69. The Morgan fingerprint density at radius 2 is 2.37 bits per heavy atom. The minimum Gasteiger partial charge on any atom is -0.479 e. The maximum atomic E-state index is 12.2. The van der Waals surface area contributed by atoms with Crippen LogP contribution in [0.15, 0.2) is 6.07 Å². The summed E-state index contributed by atoms with van der Waals surface area (Å²) < 4.78 is 1.49. The first-order valence-electron chi connectivity index (χ1n) is 6.15. The molecule has 0 aromatic carbocycles. The third-order valence-corrected chi connectivity index (χ3v) is 4.50. The number of rotatable bonds is 4. The van der Waals surface area contributed by atoms with Crippen molar-refractivity contribution in [2.45, 2.75) is 25.3 Å². The van der Waals surface area contributed by atoms with Crippen molar-refractivity contribution < 1.29 is 14.7 Å². The fourth-order valence-electron chi connectivity index (χ4n) is 2.08. The monoisotopic (exact) mass is 283 g/mol. The number of carboxylic acid groups (broad SMARTS) is 1.